The van der Waals surface area contributed by atoms with Gasteiger partial charge in [-0.05, 0) is 12.8 Å². The van der Waals surface area contributed by atoms with Crippen molar-refractivity contribution in [3.63, 3.8) is 0 Å². The second-order valence-electron chi connectivity index (χ2n) is 3.01. The summed E-state index contributed by atoms with van der Waals surface area (Å²) in [6.45, 7) is 2.24. The molecule has 2 rings (SSSR count). The van der Waals surface area contributed by atoms with E-state index < -0.39 is 0 Å². The predicted molar refractivity (Wildman–Crippen MR) is 35.8 cm³/mol. The van der Waals surface area contributed by atoms with Gasteiger partial charge in [-0.1, -0.05) is 0 Å². The Kier molecular flexibility index (Phi) is 2.09. The van der Waals surface area contributed by atoms with Crippen LogP contribution in [-0.4, -0.2) is 32.2 Å². The van der Waals surface area contributed by atoms with Crippen LogP contribution in [0.15, 0.2) is 0 Å². The molecule has 2 aliphatic heterocycles. The number of rotatable bonds is 0. The predicted octanol–water partition coefficient (Wildman–Crippen LogP) is 0.472. The monoisotopic (exact) mass is 160 g/mol. The van der Waals surface area contributed by atoms with E-state index in [2.05, 4.69) is 0 Å². The van der Waals surface area contributed by atoms with E-state index in [1.165, 1.54) is 0 Å². The maximum absolute atomic E-state index is 5.28. The second-order valence-corrected chi connectivity index (χ2v) is 3.01. The normalized spacial score (nSPS) is 39.3. The van der Waals surface area contributed by atoms with Crippen LogP contribution in [0.3, 0.4) is 0 Å². The van der Waals surface area contributed by atoms with Crippen molar-refractivity contribution in [3.05, 3.63) is 0 Å². The zero-order chi connectivity index (χ0) is 7.57. The molecule has 4 nitrogen and oxygen atoms in total. The first-order valence-electron chi connectivity index (χ1n) is 3.87. The van der Waals surface area contributed by atoms with Crippen LogP contribution in [-0.2, 0) is 19.2 Å². The van der Waals surface area contributed by atoms with Crippen LogP contribution in [0.5, 0.6) is 0 Å². The highest BCUT2D eigenvalue weighted by Crippen LogP contribution is 2.26. The quantitative estimate of drug-likeness (QED) is 0.483. The molecule has 0 amide bonds. The third-order valence-electron chi connectivity index (χ3n) is 2.02. The zero-order valence-corrected chi connectivity index (χ0v) is 6.38. The summed E-state index contributed by atoms with van der Waals surface area (Å²) >= 11 is 0. The first-order valence-corrected chi connectivity index (χ1v) is 3.87. The van der Waals surface area contributed by atoms with E-state index in [1.807, 2.05) is 0 Å². The highest BCUT2D eigenvalue weighted by Gasteiger charge is 2.38. The van der Waals surface area contributed by atoms with Gasteiger partial charge in [-0.3, -0.25) is 0 Å². The Labute approximate surface area is 65.3 Å². The van der Waals surface area contributed by atoms with E-state index in [0.29, 0.717) is 13.2 Å². The van der Waals surface area contributed by atoms with Gasteiger partial charge in [-0.15, -0.1) is 0 Å². The average molecular weight is 160 g/mol. The van der Waals surface area contributed by atoms with E-state index in [9.17, 15) is 0 Å². The molecule has 2 heterocycles. The van der Waals surface area contributed by atoms with Gasteiger partial charge < -0.3 is 9.47 Å². The van der Waals surface area contributed by atoms with Gasteiger partial charge in [0.2, 0.25) is 0 Å². The van der Waals surface area contributed by atoms with Gasteiger partial charge in [-0.2, -0.15) is 0 Å². The van der Waals surface area contributed by atoms with Crippen molar-refractivity contribution in [1.29, 1.82) is 0 Å². The second kappa shape index (κ2) is 3.06. The van der Waals surface area contributed by atoms with Gasteiger partial charge in [0.25, 0.3) is 0 Å². The maximum Gasteiger partial charge on any atom is 0.180 e. The summed E-state index contributed by atoms with van der Waals surface area (Å²) in [5.41, 5.74) is -0.309. The van der Waals surface area contributed by atoms with Crippen LogP contribution in [0.25, 0.3) is 0 Å². The lowest BCUT2D eigenvalue weighted by molar-refractivity contribution is -0.447. The lowest BCUT2D eigenvalue weighted by atomic mass is 9.98. The molecule has 0 aromatic carbocycles. The van der Waals surface area contributed by atoms with Crippen molar-refractivity contribution in [2.45, 2.75) is 18.4 Å². The maximum atomic E-state index is 5.28. The van der Waals surface area contributed by atoms with E-state index in [1.54, 1.807) is 0 Å². The van der Waals surface area contributed by atoms with Crippen LogP contribution in [0, 0.1) is 0 Å². The van der Waals surface area contributed by atoms with E-state index in [-0.39, 0.29) is 12.4 Å². The third-order valence-corrected chi connectivity index (χ3v) is 2.02. The molecular weight excluding hydrogens is 148 g/mol. The Morgan fingerprint density at radius 2 is 2.00 bits per heavy atom. The number of hydrogen-bond acceptors (Lipinski definition) is 4. The molecule has 0 aliphatic carbocycles. The molecule has 11 heavy (non-hydrogen) atoms. The minimum absolute atomic E-state index is 0.238. The number of hydrogen-bond donors (Lipinski definition) is 0. The molecule has 2 saturated heterocycles. The highest BCUT2D eigenvalue weighted by atomic mass is 17.2. The van der Waals surface area contributed by atoms with Crippen molar-refractivity contribution in [3.8, 4) is 0 Å². The minimum Gasteiger partial charge on any atom is -0.378 e. The molecule has 2 aliphatic rings. The van der Waals surface area contributed by atoms with E-state index in [4.69, 9.17) is 19.2 Å². The Hall–Kier alpha value is -0.160. The summed E-state index contributed by atoms with van der Waals surface area (Å²) in [6.07, 6.45) is 1.99. The van der Waals surface area contributed by atoms with Crippen molar-refractivity contribution < 1.29 is 19.2 Å². The Morgan fingerprint density at radius 1 is 1.09 bits per heavy atom. The largest absolute Gasteiger partial charge is 0.378 e. The van der Waals surface area contributed by atoms with Crippen LogP contribution >= 0.6 is 0 Å². The molecule has 1 atom stereocenters. The zero-order valence-electron chi connectivity index (χ0n) is 6.38. The highest BCUT2D eigenvalue weighted by molar-refractivity contribution is 4.82. The lowest BCUT2D eigenvalue weighted by Gasteiger charge is -2.37. The molecule has 0 N–H and O–H groups in total. The van der Waals surface area contributed by atoms with Crippen LogP contribution in [0.4, 0.5) is 0 Å². The molecule has 1 spiro atoms. The summed E-state index contributed by atoms with van der Waals surface area (Å²) in [4.78, 5) is 9.92. The molecule has 4 heteroatoms. The summed E-state index contributed by atoms with van der Waals surface area (Å²) < 4.78 is 10.4. The molecule has 0 saturated carbocycles. The number of ether oxygens (including phenoxy) is 2. The Balaban J connectivity index is 1.94. The fourth-order valence-electron chi connectivity index (χ4n) is 1.44. The topological polar surface area (TPSA) is 36.9 Å². The molecule has 0 aromatic rings. The van der Waals surface area contributed by atoms with E-state index >= 15 is 0 Å². The minimum atomic E-state index is -0.309. The summed E-state index contributed by atoms with van der Waals surface area (Å²) in [5, 5.41) is 0. The van der Waals surface area contributed by atoms with Crippen molar-refractivity contribution in [1.82, 2.24) is 0 Å². The summed E-state index contributed by atoms with van der Waals surface area (Å²) in [6, 6.07) is 0. The van der Waals surface area contributed by atoms with Crippen LogP contribution < -0.4 is 0 Å². The average Bonchev–Trinajstić information content (AvgIpc) is 2.07. The molecule has 64 valence electrons. The van der Waals surface area contributed by atoms with Crippen molar-refractivity contribution in [2.24, 2.45) is 0 Å². The molecule has 1 unspecified atom stereocenters. The Morgan fingerprint density at radius 3 is 2.64 bits per heavy atom. The van der Waals surface area contributed by atoms with E-state index in [0.717, 1.165) is 19.4 Å². The fourth-order valence-corrected chi connectivity index (χ4v) is 1.44. The molecule has 0 bridgehead atoms. The smallest absolute Gasteiger partial charge is 0.180 e. The molecule has 0 radical (unpaired) electrons. The molecular formula is C7H12O4. The van der Waals surface area contributed by atoms with Crippen LogP contribution in [0.1, 0.15) is 12.8 Å². The van der Waals surface area contributed by atoms with Gasteiger partial charge in [0.1, 0.15) is 0 Å². The lowest BCUT2D eigenvalue weighted by Crippen LogP contribution is -2.48. The van der Waals surface area contributed by atoms with Gasteiger partial charge in [0, 0.05) is 6.61 Å². The van der Waals surface area contributed by atoms with Gasteiger partial charge in [-0.25, -0.2) is 9.78 Å². The van der Waals surface area contributed by atoms with Crippen LogP contribution in [0.2, 0.25) is 0 Å². The summed E-state index contributed by atoms with van der Waals surface area (Å²) in [7, 11) is 0. The molecule has 2 fully saturated rings. The molecule has 0 aromatic heterocycles. The van der Waals surface area contributed by atoms with Gasteiger partial charge in [0.15, 0.2) is 12.4 Å². The van der Waals surface area contributed by atoms with Crippen molar-refractivity contribution in [2.75, 3.05) is 26.6 Å². The van der Waals surface area contributed by atoms with Gasteiger partial charge >= 0.3 is 0 Å². The van der Waals surface area contributed by atoms with Gasteiger partial charge in [0.05, 0.1) is 13.2 Å². The standard InChI is InChI=1S/C7H12O4/c1-2-7(4-8-3-1)5-9-6-10-11-7/h1-6H2. The first kappa shape index (κ1) is 7.49. The Bertz CT molecular complexity index is 105. The fraction of sp³-hybridized carbons (Fsp3) is 1.00. The first-order chi connectivity index (χ1) is 5.41. The van der Waals surface area contributed by atoms with Crippen molar-refractivity contribution >= 4 is 0 Å². The third kappa shape index (κ3) is 1.54. The SMILES string of the molecule is C1COCC2(C1)COCOO2. The summed E-state index contributed by atoms with van der Waals surface area (Å²) in [5.74, 6) is 0.